The van der Waals surface area contributed by atoms with Crippen LogP contribution in [0, 0.1) is 0 Å². The summed E-state index contributed by atoms with van der Waals surface area (Å²) >= 11 is 19.7. The maximum absolute atomic E-state index is 13.9. The van der Waals surface area contributed by atoms with Crippen LogP contribution in [0.25, 0.3) is 39.9 Å². The van der Waals surface area contributed by atoms with E-state index in [0.717, 1.165) is 47.7 Å². The molecule has 45 heavy (non-hydrogen) atoms. The lowest BCUT2D eigenvalue weighted by Gasteiger charge is -2.18. The number of halogens is 4. The Kier molecular flexibility index (Phi) is 8.98. The summed E-state index contributed by atoms with van der Waals surface area (Å²) < 4.78 is 14.1. The van der Waals surface area contributed by atoms with E-state index in [4.69, 9.17) is 32.7 Å². The summed E-state index contributed by atoms with van der Waals surface area (Å²) in [6.45, 7) is 0. The van der Waals surface area contributed by atoms with Crippen LogP contribution in [0.4, 0.5) is 0 Å². The van der Waals surface area contributed by atoms with Crippen LogP contribution in [-0.2, 0) is 19.1 Å². The molecule has 5 nitrogen and oxygen atoms in total. The van der Waals surface area contributed by atoms with E-state index in [1.54, 1.807) is 22.9 Å². The Labute approximate surface area is 287 Å². The van der Waals surface area contributed by atoms with Crippen molar-refractivity contribution < 1.29 is 23.6 Å². The Balaban J connectivity index is 1.63. The Morgan fingerprint density at radius 2 is 1.38 bits per heavy atom. The van der Waals surface area contributed by atoms with Gasteiger partial charge in [-0.25, -0.2) is 9.59 Å². The average Bonchev–Trinajstić information content (AvgIpc) is 3.34. The van der Waals surface area contributed by atoms with E-state index >= 15 is 0 Å². The molecule has 1 aliphatic carbocycles. The van der Waals surface area contributed by atoms with Gasteiger partial charge in [-0.05, 0) is 75.8 Å². The molecule has 1 aromatic heterocycles. The molecule has 1 aliphatic rings. The molecule has 0 radical (unpaired) electrons. The maximum Gasteiger partial charge on any atom is 0.404 e. The topological polar surface area (TPSA) is 56.5 Å². The molecule has 0 atom stereocenters. The van der Waals surface area contributed by atoms with Crippen LogP contribution in [0.3, 0.4) is 0 Å². The molecular weight excluding hydrogens is 741 g/mol. The first-order valence-electron chi connectivity index (χ1n) is 13.8. The molecule has 224 valence electrons. The van der Waals surface area contributed by atoms with Crippen molar-refractivity contribution in [3.8, 4) is 11.1 Å². The summed E-state index contributed by atoms with van der Waals surface area (Å²) in [5.41, 5.74) is 6.24. The van der Waals surface area contributed by atoms with Crippen molar-refractivity contribution in [2.24, 2.45) is 0 Å². The van der Waals surface area contributed by atoms with Gasteiger partial charge in [-0.2, -0.15) is 4.57 Å². The number of hydrogen-bond donors (Lipinski definition) is 0. The van der Waals surface area contributed by atoms with Crippen molar-refractivity contribution in [2.75, 3.05) is 14.2 Å². The fourth-order valence-electron chi connectivity index (χ4n) is 5.82. The van der Waals surface area contributed by atoms with Crippen LogP contribution < -0.4 is 4.57 Å². The van der Waals surface area contributed by atoms with E-state index in [2.05, 4.69) is 31.9 Å². The highest BCUT2D eigenvalue weighted by Gasteiger charge is 2.43. The number of hydrogen-bond acceptors (Lipinski definition) is 4. The van der Waals surface area contributed by atoms with E-state index in [0.29, 0.717) is 15.6 Å². The molecule has 0 amide bonds. The third-order valence-corrected chi connectivity index (χ3v) is 9.34. The van der Waals surface area contributed by atoms with Gasteiger partial charge in [-0.15, -0.1) is 0 Å². The number of benzene rings is 4. The summed E-state index contributed by atoms with van der Waals surface area (Å²) in [4.78, 5) is 27.7. The van der Waals surface area contributed by atoms with Gasteiger partial charge >= 0.3 is 17.6 Å². The van der Waals surface area contributed by atoms with E-state index in [1.807, 2.05) is 84.9 Å². The number of carbonyl (C=O) groups is 2. The van der Waals surface area contributed by atoms with E-state index in [1.165, 1.54) is 14.2 Å². The molecule has 0 spiro atoms. The first kappa shape index (κ1) is 31.2. The number of nitrogens with zero attached hydrogens (tertiary/aromatic N) is 1. The number of carbonyl (C=O) groups excluding carboxylic acids is 2. The fourth-order valence-corrected chi connectivity index (χ4v) is 7.05. The molecular formula is C36H24Br2Cl2NO4+. The number of methoxy groups -OCH3 is 2. The second-order valence-corrected chi connectivity index (χ2v) is 13.0. The minimum absolute atomic E-state index is 0.0561. The van der Waals surface area contributed by atoms with E-state index < -0.39 is 17.9 Å². The lowest BCUT2D eigenvalue weighted by molar-refractivity contribution is -0.550. The Hall–Kier alpha value is -3.75. The Morgan fingerprint density at radius 3 is 2.00 bits per heavy atom. The monoisotopic (exact) mass is 762 g/mol. The van der Waals surface area contributed by atoms with Crippen molar-refractivity contribution >= 4 is 95.8 Å². The highest BCUT2D eigenvalue weighted by Crippen LogP contribution is 2.50. The molecule has 5 aromatic rings. The fraction of sp³-hybridized carbons (Fsp3) is 0.0833. The Morgan fingerprint density at radius 1 is 0.756 bits per heavy atom. The summed E-state index contributed by atoms with van der Waals surface area (Å²) in [7, 11) is 2.62. The lowest BCUT2D eigenvalue weighted by Crippen LogP contribution is -2.40. The van der Waals surface area contributed by atoms with Crippen molar-refractivity contribution in [3.63, 3.8) is 0 Å². The minimum atomic E-state index is -0.679. The van der Waals surface area contributed by atoms with Gasteiger partial charge < -0.3 is 9.47 Å². The van der Waals surface area contributed by atoms with Crippen LogP contribution in [0.1, 0.15) is 28.2 Å². The SMILES string of the molecule is COC(=O)/C(=C(/C(=O)OC)[n+]1ccc(/C=C/c2ccc(Cl)cc2Cl)c2ccccc21)C1c2cc(Br)ccc2-c2ccc(Br)cc21. The van der Waals surface area contributed by atoms with Gasteiger partial charge in [0.05, 0.1) is 19.6 Å². The molecule has 1 heterocycles. The summed E-state index contributed by atoms with van der Waals surface area (Å²) in [6.07, 6.45) is 5.62. The largest absolute Gasteiger partial charge is 0.465 e. The van der Waals surface area contributed by atoms with E-state index in [-0.39, 0.29) is 11.3 Å². The average molecular weight is 765 g/mol. The summed E-state index contributed by atoms with van der Waals surface area (Å²) in [5, 5.41) is 1.92. The van der Waals surface area contributed by atoms with E-state index in [9.17, 15) is 9.59 Å². The summed E-state index contributed by atoms with van der Waals surface area (Å²) in [6, 6.07) is 26.7. The second kappa shape index (κ2) is 12.9. The number of pyridine rings is 1. The molecule has 0 saturated carbocycles. The molecule has 0 N–H and O–H groups in total. The molecule has 0 bridgehead atoms. The van der Waals surface area contributed by atoms with Gasteiger partial charge in [-0.3, -0.25) is 0 Å². The molecule has 0 unspecified atom stereocenters. The molecule has 6 rings (SSSR count). The summed E-state index contributed by atoms with van der Waals surface area (Å²) in [5.74, 6) is -1.94. The van der Waals surface area contributed by atoms with Gasteiger partial charge in [0.15, 0.2) is 6.20 Å². The third kappa shape index (κ3) is 5.86. The van der Waals surface area contributed by atoms with Crippen molar-refractivity contribution in [1.82, 2.24) is 0 Å². The predicted molar refractivity (Wildman–Crippen MR) is 186 cm³/mol. The van der Waals surface area contributed by atoms with Gasteiger partial charge in [0.2, 0.25) is 5.52 Å². The normalized spacial score (nSPS) is 13.0. The predicted octanol–water partition coefficient (Wildman–Crippen LogP) is 9.50. The van der Waals surface area contributed by atoms with Crippen LogP contribution in [0.2, 0.25) is 10.0 Å². The third-order valence-electron chi connectivity index (χ3n) is 7.79. The number of ether oxygens (including phenoxy) is 2. The maximum atomic E-state index is 13.9. The molecule has 0 aliphatic heterocycles. The van der Waals surface area contributed by atoms with Crippen LogP contribution in [0.15, 0.2) is 106 Å². The van der Waals surface area contributed by atoms with Crippen molar-refractivity contribution in [2.45, 2.75) is 5.92 Å². The first-order valence-corrected chi connectivity index (χ1v) is 16.1. The van der Waals surface area contributed by atoms with Crippen LogP contribution in [0.5, 0.6) is 0 Å². The number of rotatable bonds is 6. The number of esters is 2. The quantitative estimate of drug-likeness (QED) is 0.0983. The van der Waals surface area contributed by atoms with Crippen molar-refractivity contribution in [1.29, 1.82) is 0 Å². The molecule has 0 fully saturated rings. The smallest absolute Gasteiger partial charge is 0.404 e. The molecule has 9 heteroatoms. The number of para-hydroxylation sites is 1. The van der Waals surface area contributed by atoms with Crippen molar-refractivity contribution in [3.05, 3.63) is 138 Å². The highest BCUT2D eigenvalue weighted by molar-refractivity contribution is 9.10. The van der Waals surface area contributed by atoms with Gasteiger partial charge in [0.25, 0.3) is 0 Å². The van der Waals surface area contributed by atoms with Crippen LogP contribution >= 0.6 is 55.1 Å². The lowest BCUT2D eigenvalue weighted by atomic mass is 9.87. The highest BCUT2D eigenvalue weighted by atomic mass is 79.9. The van der Waals surface area contributed by atoms with Gasteiger partial charge in [0.1, 0.15) is 5.57 Å². The van der Waals surface area contributed by atoms with Gasteiger partial charge in [-0.1, -0.05) is 97.5 Å². The number of aromatic nitrogens is 1. The number of fused-ring (bicyclic) bond motifs is 4. The zero-order chi connectivity index (χ0) is 31.8. The molecule has 0 saturated heterocycles. The standard InChI is InChI=1S/C36H24Br2Cl2NO4/c1-44-35(42)33(32-28-17-22(37)10-13-26(28)27-14-11-23(38)18-29(27)32)34(36(43)45-2)41-16-15-20(25-5-3-4-6-31(25)41)7-8-21-9-12-24(39)19-30(21)40/h3-19,32H,1-2H3/q+1/b8-7+,34-33-. The Bertz CT molecular complexity index is 2040. The second-order valence-electron chi connectivity index (χ2n) is 10.3. The van der Waals surface area contributed by atoms with Crippen LogP contribution in [-0.4, -0.2) is 26.2 Å². The van der Waals surface area contributed by atoms with Gasteiger partial charge in [0, 0.05) is 37.0 Å². The first-order chi connectivity index (χ1) is 21.7. The zero-order valence-electron chi connectivity index (χ0n) is 24.0. The molecule has 4 aromatic carbocycles. The minimum Gasteiger partial charge on any atom is -0.465 e. The zero-order valence-corrected chi connectivity index (χ0v) is 28.7.